The first-order chi connectivity index (χ1) is 14.3. The molecule has 0 atom stereocenters. The summed E-state index contributed by atoms with van der Waals surface area (Å²) in [6, 6.07) is 14.0. The van der Waals surface area contributed by atoms with Crippen LogP contribution in [-0.4, -0.2) is 34.1 Å². The van der Waals surface area contributed by atoms with Gasteiger partial charge in [0.25, 0.3) is 5.91 Å². The highest BCUT2D eigenvalue weighted by Crippen LogP contribution is 2.32. The number of hydrogen-bond donors (Lipinski definition) is 1. The van der Waals surface area contributed by atoms with E-state index in [2.05, 4.69) is 27.4 Å². The Labute approximate surface area is 168 Å². The number of nitrogens with zero attached hydrogens (tertiary/aromatic N) is 3. The van der Waals surface area contributed by atoms with Crippen molar-refractivity contribution in [3.63, 3.8) is 0 Å². The summed E-state index contributed by atoms with van der Waals surface area (Å²) in [4.78, 5) is 23.3. The molecule has 1 amide bonds. The van der Waals surface area contributed by atoms with E-state index in [0.717, 1.165) is 23.5 Å². The van der Waals surface area contributed by atoms with E-state index in [1.165, 1.54) is 17.3 Å². The molecule has 7 heteroatoms. The van der Waals surface area contributed by atoms with E-state index < -0.39 is 0 Å². The molecule has 0 saturated carbocycles. The molecule has 5 rings (SSSR count). The number of hydrogen-bond acceptors (Lipinski definition) is 6. The molecule has 0 radical (unpaired) electrons. The van der Waals surface area contributed by atoms with E-state index in [1.807, 2.05) is 35.2 Å². The second-order valence-corrected chi connectivity index (χ2v) is 7.07. The van der Waals surface area contributed by atoms with Crippen LogP contribution in [0.15, 0.2) is 54.9 Å². The summed E-state index contributed by atoms with van der Waals surface area (Å²) in [5, 5.41) is 3.22. The quantitative estimate of drug-likeness (QED) is 0.740. The van der Waals surface area contributed by atoms with Crippen LogP contribution >= 0.6 is 0 Å². The fraction of sp³-hybridized carbons (Fsp3) is 0.227. The zero-order chi connectivity index (χ0) is 19.6. The number of carbonyl (C=O) groups is 1. The topological polar surface area (TPSA) is 76.6 Å². The summed E-state index contributed by atoms with van der Waals surface area (Å²) in [6.07, 6.45) is 3.99. The van der Waals surface area contributed by atoms with Crippen LogP contribution in [0.4, 0.5) is 5.82 Å². The molecule has 3 heterocycles. The van der Waals surface area contributed by atoms with Gasteiger partial charge in [0.2, 0.25) is 6.79 Å². The minimum absolute atomic E-state index is 0.0886. The van der Waals surface area contributed by atoms with Gasteiger partial charge in [0.15, 0.2) is 11.5 Å². The number of carbonyl (C=O) groups excluding carboxylic acids is 1. The van der Waals surface area contributed by atoms with Gasteiger partial charge in [0.05, 0.1) is 12.4 Å². The molecule has 0 saturated heterocycles. The van der Waals surface area contributed by atoms with Gasteiger partial charge in [-0.1, -0.05) is 30.3 Å². The highest BCUT2D eigenvalue weighted by molar-refractivity contribution is 5.92. The lowest BCUT2D eigenvalue weighted by molar-refractivity contribution is 0.0728. The Morgan fingerprint density at radius 1 is 1.03 bits per heavy atom. The van der Waals surface area contributed by atoms with Crippen molar-refractivity contribution in [2.24, 2.45) is 0 Å². The maximum absolute atomic E-state index is 12.8. The smallest absolute Gasteiger partial charge is 0.274 e. The number of benzene rings is 2. The first kappa shape index (κ1) is 17.5. The van der Waals surface area contributed by atoms with Crippen molar-refractivity contribution in [3.05, 3.63) is 77.2 Å². The van der Waals surface area contributed by atoms with Crippen molar-refractivity contribution in [1.29, 1.82) is 0 Å². The normalized spacial score (nSPS) is 14.4. The minimum atomic E-state index is -0.0886. The van der Waals surface area contributed by atoms with Gasteiger partial charge >= 0.3 is 0 Å². The number of aromatic nitrogens is 2. The maximum Gasteiger partial charge on any atom is 0.274 e. The summed E-state index contributed by atoms with van der Waals surface area (Å²) < 4.78 is 10.7. The molecule has 0 spiro atoms. The Bertz CT molecular complexity index is 1050. The molecule has 0 unspecified atom stereocenters. The average Bonchev–Trinajstić information content (AvgIpc) is 3.25. The van der Waals surface area contributed by atoms with E-state index in [1.54, 1.807) is 6.20 Å². The number of fused-ring (bicyclic) bond motifs is 2. The summed E-state index contributed by atoms with van der Waals surface area (Å²) in [6.45, 7) is 2.14. The van der Waals surface area contributed by atoms with Crippen molar-refractivity contribution in [2.45, 2.75) is 19.5 Å². The Morgan fingerprint density at radius 2 is 1.90 bits per heavy atom. The molecule has 1 N–H and O–H groups in total. The van der Waals surface area contributed by atoms with Crippen LogP contribution in [0.1, 0.15) is 27.2 Å². The summed E-state index contributed by atoms with van der Waals surface area (Å²) in [7, 11) is 0. The molecule has 0 fully saturated rings. The Balaban J connectivity index is 1.22. The lowest BCUT2D eigenvalue weighted by atomic mass is 10.00. The van der Waals surface area contributed by atoms with Gasteiger partial charge in [0, 0.05) is 19.6 Å². The number of amides is 1. The lowest BCUT2D eigenvalue weighted by Crippen LogP contribution is -2.36. The molecule has 3 aromatic rings. The van der Waals surface area contributed by atoms with E-state index in [4.69, 9.17) is 9.47 Å². The fourth-order valence-electron chi connectivity index (χ4n) is 3.60. The van der Waals surface area contributed by atoms with E-state index in [-0.39, 0.29) is 12.7 Å². The zero-order valence-electron chi connectivity index (χ0n) is 15.8. The molecular formula is C22H20N4O3. The molecule has 29 heavy (non-hydrogen) atoms. The van der Waals surface area contributed by atoms with Crippen molar-refractivity contribution in [2.75, 3.05) is 18.7 Å². The number of rotatable bonds is 4. The molecular weight excluding hydrogens is 368 g/mol. The van der Waals surface area contributed by atoms with E-state index in [0.29, 0.717) is 31.1 Å². The molecule has 146 valence electrons. The first-order valence-electron chi connectivity index (χ1n) is 9.57. The molecule has 2 aliphatic heterocycles. The molecule has 0 aliphatic carbocycles. The van der Waals surface area contributed by atoms with Gasteiger partial charge in [-0.2, -0.15) is 0 Å². The monoisotopic (exact) mass is 388 g/mol. The maximum atomic E-state index is 12.8. The molecule has 1 aromatic heterocycles. The second kappa shape index (κ2) is 7.43. The molecule has 2 aliphatic rings. The lowest BCUT2D eigenvalue weighted by Gasteiger charge is -2.28. The van der Waals surface area contributed by atoms with E-state index in [9.17, 15) is 4.79 Å². The van der Waals surface area contributed by atoms with Gasteiger partial charge < -0.3 is 19.7 Å². The summed E-state index contributed by atoms with van der Waals surface area (Å²) in [5.74, 6) is 2.04. The number of anilines is 1. The third-order valence-electron chi connectivity index (χ3n) is 5.20. The highest BCUT2D eigenvalue weighted by atomic mass is 16.7. The van der Waals surface area contributed by atoms with Crippen LogP contribution in [0, 0.1) is 0 Å². The van der Waals surface area contributed by atoms with Gasteiger partial charge in [-0.05, 0) is 35.2 Å². The van der Waals surface area contributed by atoms with Crippen LogP contribution in [0.25, 0.3) is 0 Å². The SMILES string of the molecule is O=C(c1cnc(NCc2ccc3c(c2)OCO3)cn1)N1CCc2ccccc2C1. The standard InChI is InChI=1S/C22H20N4O3/c27-22(26-8-7-16-3-1-2-4-17(16)13-26)18-11-25-21(12-23-18)24-10-15-5-6-19-20(9-15)29-14-28-19/h1-6,9,11-12H,7-8,10,13-14H2,(H,24,25). The molecule has 7 nitrogen and oxygen atoms in total. The largest absolute Gasteiger partial charge is 0.454 e. The van der Waals surface area contributed by atoms with Crippen LogP contribution in [0.2, 0.25) is 0 Å². The van der Waals surface area contributed by atoms with Crippen molar-refractivity contribution in [1.82, 2.24) is 14.9 Å². The van der Waals surface area contributed by atoms with Crippen molar-refractivity contribution >= 4 is 11.7 Å². The predicted molar refractivity (Wildman–Crippen MR) is 107 cm³/mol. The van der Waals surface area contributed by atoms with Crippen LogP contribution in [0.3, 0.4) is 0 Å². The third kappa shape index (κ3) is 3.59. The van der Waals surface area contributed by atoms with Gasteiger partial charge in [-0.25, -0.2) is 9.97 Å². The van der Waals surface area contributed by atoms with Crippen LogP contribution < -0.4 is 14.8 Å². The van der Waals surface area contributed by atoms with Crippen LogP contribution in [0.5, 0.6) is 11.5 Å². The van der Waals surface area contributed by atoms with Crippen LogP contribution in [-0.2, 0) is 19.5 Å². The Hall–Kier alpha value is -3.61. The molecule has 0 bridgehead atoms. The van der Waals surface area contributed by atoms with E-state index >= 15 is 0 Å². The minimum Gasteiger partial charge on any atom is -0.454 e. The average molecular weight is 388 g/mol. The first-order valence-corrected chi connectivity index (χ1v) is 9.57. The third-order valence-corrected chi connectivity index (χ3v) is 5.20. The zero-order valence-corrected chi connectivity index (χ0v) is 15.8. The predicted octanol–water partition coefficient (Wildman–Crippen LogP) is 3.02. The van der Waals surface area contributed by atoms with Gasteiger partial charge in [-0.15, -0.1) is 0 Å². The summed E-state index contributed by atoms with van der Waals surface area (Å²) in [5.41, 5.74) is 3.91. The molecule has 2 aromatic carbocycles. The Kier molecular flexibility index (Phi) is 4.48. The summed E-state index contributed by atoms with van der Waals surface area (Å²) >= 11 is 0. The Morgan fingerprint density at radius 3 is 2.76 bits per heavy atom. The fourth-order valence-corrected chi connectivity index (χ4v) is 3.60. The van der Waals surface area contributed by atoms with Crippen molar-refractivity contribution < 1.29 is 14.3 Å². The van der Waals surface area contributed by atoms with Gasteiger partial charge in [0.1, 0.15) is 11.5 Å². The highest BCUT2D eigenvalue weighted by Gasteiger charge is 2.22. The van der Waals surface area contributed by atoms with Gasteiger partial charge in [-0.3, -0.25) is 4.79 Å². The number of nitrogens with one attached hydrogen (secondary N) is 1. The van der Waals surface area contributed by atoms with Crippen molar-refractivity contribution in [3.8, 4) is 11.5 Å². The second-order valence-electron chi connectivity index (χ2n) is 7.07. The number of ether oxygens (including phenoxy) is 2.